The quantitative estimate of drug-likeness (QED) is 0.339. The van der Waals surface area contributed by atoms with Crippen molar-refractivity contribution in [3.63, 3.8) is 0 Å². The molecular weight excluding hydrogens is 445 g/mol. The highest BCUT2D eigenvalue weighted by Gasteiger charge is 2.19. The van der Waals surface area contributed by atoms with Crippen LogP contribution in [0.15, 0.2) is 9.41 Å². The number of aryl methyl sites for hydroxylation is 2. The maximum atomic E-state index is 5.59. The third kappa shape index (κ3) is 7.79. The number of piperidine rings is 1. The first-order chi connectivity index (χ1) is 12.1. The number of guanidine groups is 1. The highest BCUT2D eigenvalue weighted by atomic mass is 127. The van der Waals surface area contributed by atoms with Crippen LogP contribution in [0.1, 0.15) is 37.1 Å². The van der Waals surface area contributed by atoms with E-state index in [2.05, 4.69) is 32.4 Å². The van der Waals surface area contributed by atoms with Crippen LogP contribution in [0, 0.1) is 19.8 Å². The molecule has 0 aromatic carbocycles. The molecule has 2 heterocycles. The normalized spacial score (nSPS) is 16.4. The van der Waals surface area contributed by atoms with Crippen molar-refractivity contribution in [1.29, 1.82) is 0 Å². The Labute approximate surface area is 174 Å². The molecule has 0 spiro atoms. The van der Waals surface area contributed by atoms with Gasteiger partial charge in [0, 0.05) is 26.7 Å². The predicted octanol–water partition coefficient (Wildman–Crippen LogP) is 2.32. The number of hydrogen-bond donors (Lipinski definition) is 2. The average molecular weight is 479 g/mol. The summed E-state index contributed by atoms with van der Waals surface area (Å²) in [4.78, 5) is 11.4. The molecule has 1 aromatic rings. The summed E-state index contributed by atoms with van der Waals surface area (Å²) in [7, 11) is 1.76. The second-order valence-electron chi connectivity index (χ2n) is 6.60. The Balaban J connectivity index is 0.00000338. The first kappa shape index (κ1) is 23.2. The summed E-state index contributed by atoms with van der Waals surface area (Å²) in [6.45, 7) is 12.4. The lowest BCUT2D eigenvalue weighted by Crippen LogP contribution is -2.43. The number of methoxy groups -OCH3 is 1. The SMILES string of the molecule is CCNC(=NCc1nc(C)c(C)o1)NCC1CCN(CCOC)CC1.I. The summed E-state index contributed by atoms with van der Waals surface area (Å²) in [5.41, 5.74) is 0.934. The smallest absolute Gasteiger partial charge is 0.216 e. The summed E-state index contributed by atoms with van der Waals surface area (Å²) >= 11 is 0. The van der Waals surface area contributed by atoms with Crippen molar-refractivity contribution >= 4 is 29.9 Å². The standard InChI is InChI=1S/C18H33N5O2.HI/c1-5-19-18(21-13-17-22-14(2)15(3)25-17)20-12-16-6-8-23(9-7-16)10-11-24-4;/h16H,5-13H2,1-4H3,(H2,19,20,21);1H. The molecule has 1 saturated heterocycles. The summed E-state index contributed by atoms with van der Waals surface area (Å²) in [6, 6.07) is 0. The van der Waals surface area contributed by atoms with Crippen molar-refractivity contribution in [2.24, 2.45) is 10.9 Å². The van der Waals surface area contributed by atoms with Crippen LogP contribution in [0.2, 0.25) is 0 Å². The Morgan fingerprint density at radius 1 is 1.31 bits per heavy atom. The number of nitrogens with one attached hydrogen (secondary N) is 2. The van der Waals surface area contributed by atoms with E-state index in [0.29, 0.717) is 18.4 Å². The zero-order chi connectivity index (χ0) is 18.1. The van der Waals surface area contributed by atoms with E-state index in [9.17, 15) is 0 Å². The van der Waals surface area contributed by atoms with Crippen molar-refractivity contribution in [1.82, 2.24) is 20.5 Å². The van der Waals surface area contributed by atoms with Gasteiger partial charge in [0.25, 0.3) is 0 Å². The number of aliphatic imine (C=N–C) groups is 1. The molecular formula is C18H34IN5O2. The van der Waals surface area contributed by atoms with Gasteiger partial charge < -0.3 is 24.7 Å². The van der Waals surface area contributed by atoms with E-state index < -0.39 is 0 Å². The molecule has 0 saturated carbocycles. The molecule has 0 aliphatic carbocycles. The highest BCUT2D eigenvalue weighted by Crippen LogP contribution is 2.16. The molecule has 0 radical (unpaired) electrons. The van der Waals surface area contributed by atoms with E-state index in [0.717, 1.165) is 56.7 Å². The molecule has 1 aliphatic rings. The second-order valence-corrected chi connectivity index (χ2v) is 6.60. The lowest BCUT2D eigenvalue weighted by atomic mass is 9.97. The monoisotopic (exact) mass is 479 g/mol. The van der Waals surface area contributed by atoms with Crippen LogP contribution in [0.5, 0.6) is 0 Å². The van der Waals surface area contributed by atoms with Crippen molar-refractivity contribution in [2.45, 2.75) is 40.2 Å². The number of ether oxygens (including phenoxy) is 1. The molecule has 0 amide bonds. The molecule has 2 rings (SSSR count). The predicted molar refractivity (Wildman–Crippen MR) is 115 cm³/mol. The minimum atomic E-state index is 0. The number of oxazole rings is 1. The van der Waals surface area contributed by atoms with Crippen molar-refractivity contribution in [2.75, 3.05) is 46.4 Å². The Hall–Kier alpha value is -0.870. The Morgan fingerprint density at radius 3 is 2.62 bits per heavy atom. The number of hydrogen-bond acceptors (Lipinski definition) is 5. The first-order valence-electron chi connectivity index (χ1n) is 9.28. The fourth-order valence-electron chi connectivity index (χ4n) is 2.97. The van der Waals surface area contributed by atoms with Gasteiger partial charge in [0.1, 0.15) is 12.3 Å². The lowest BCUT2D eigenvalue weighted by molar-refractivity contribution is 0.121. The van der Waals surface area contributed by atoms with E-state index in [1.165, 1.54) is 12.8 Å². The maximum absolute atomic E-state index is 5.59. The molecule has 26 heavy (non-hydrogen) atoms. The topological polar surface area (TPSA) is 74.9 Å². The minimum absolute atomic E-state index is 0. The maximum Gasteiger partial charge on any atom is 0.216 e. The Kier molecular flexibility index (Phi) is 11.1. The molecule has 1 aliphatic heterocycles. The van der Waals surface area contributed by atoms with Crippen LogP contribution in [0.4, 0.5) is 0 Å². The molecule has 0 unspecified atom stereocenters. The summed E-state index contributed by atoms with van der Waals surface area (Å²) in [6.07, 6.45) is 2.43. The van der Waals surface area contributed by atoms with Crippen LogP contribution in [-0.4, -0.2) is 62.3 Å². The van der Waals surface area contributed by atoms with E-state index in [4.69, 9.17) is 9.15 Å². The van der Waals surface area contributed by atoms with Gasteiger partial charge >= 0.3 is 0 Å². The lowest BCUT2D eigenvalue weighted by Gasteiger charge is -2.32. The highest BCUT2D eigenvalue weighted by molar-refractivity contribution is 14.0. The van der Waals surface area contributed by atoms with E-state index >= 15 is 0 Å². The van der Waals surface area contributed by atoms with Crippen molar-refractivity contribution in [3.05, 3.63) is 17.3 Å². The van der Waals surface area contributed by atoms with Gasteiger partial charge in [-0.3, -0.25) is 0 Å². The van der Waals surface area contributed by atoms with Gasteiger partial charge in [-0.2, -0.15) is 0 Å². The van der Waals surface area contributed by atoms with Gasteiger partial charge in [-0.05, 0) is 52.6 Å². The third-order valence-corrected chi connectivity index (χ3v) is 4.67. The number of aromatic nitrogens is 1. The zero-order valence-electron chi connectivity index (χ0n) is 16.5. The fourth-order valence-corrected chi connectivity index (χ4v) is 2.97. The summed E-state index contributed by atoms with van der Waals surface area (Å²) < 4.78 is 10.8. The first-order valence-corrected chi connectivity index (χ1v) is 9.28. The molecule has 7 nitrogen and oxygen atoms in total. The van der Waals surface area contributed by atoms with Gasteiger partial charge in [-0.15, -0.1) is 24.0 Å². The fraction of sp³-hybridized carbons (Fsp3) is 0.778. The number of rotatable bonds is 8. The van der Waals surface area contributed by atoms with Crippen LogP contribution in [-0.2, 0) is 11.3 Å². The molecule has 1 aromatic heterocycles. The Morgan fingerprint density at radius 2 is 2.04 bits per heavy atom. The van der Waals surface area contributed by atoms with Gasteiger partial charge in [-0.1, -0.05) is 0 Å². The molecule has 1 fully saturated rings. The second kappa shape index (κ2) is 12.5. The van der Waals surface area contributed by atoms with Crippen LogP contribution >= 0.6 is 24.0 Å². The van der Waals surface area contributed by atoms with Crippen LogP contribution in [0.3, 0.4) is 0 Å². The van der Waals surface area contributed by atoms with E-state index in [-0.39, 0.29) is 24.0 Å². The summed E-state index contributed by atoms with van der Waals surface area (Å²) in [5, 5.41) is 6.76. The largest absolute Gasteiger partial charge is 0.444 e. The van der Waals surface area contributed by atoms with Gasteiger partial charge in [0.15, 0.2) is 5.96 Å². The summed E-state index contributed by atoms with van der Waals surface area (Å²) in [5.74, 6) is 3.05. The van der Waals surface area contributed by atoms with Crippen LogP contribution in [0.25, 0.3) is 0 Å². The van der Waals surface area contributed by atoms with Crippen LogP contribution < -0.4 is 10.6 Å². The number of likely N-dealkylation sites (tertiary alicyclic amines) is 1. The zero-order valence-corrected chi connectivity index (χ0v) is 18.8. The third-order valence-electron chi connectivity index (χ3n) is 4.67. The van der Waals surface area contributed by atoms with Crippen molar-refractivity contribution in [3.8, 4) is 0 Å². The Bertz CT molecular complexity index is 522. The number of nitrogens with zero attached hydrogens (tertiary/aromatic N) is 3. The van der Waals surface area contributed by atoms with E-state index in [1.54, 1.807) is 7.11 Å². The molecule has 0 atom stereocenters. The average Bonchev–Trinajstić information content (AvgIpc) is 2.94. The van der Waals surface area contributed by atoms with E-state index in [1.807, 2.05) is 13.8 Å². The van der Waals surface area contributed by atoms with Gasteiger partial charge in [0.2, 0.25) is 5.89 Å². The molecule has 150 valence electrons. The van der Waals surface area contributed by atoms with Gasteiger partial charge in [-0.25, -0.2) is 9.98 Å². The van der Waals surface area contributed by atoms with Crippen molar-refractivity contribution < 1.29 is 9.15 Å². The molecule has 0 bridgehead atoms. The van der Waals surface area contributed by atoms with Gasteiger partial charge in [0.05, 0.1) is 12.3 Å². The number of halogens is 1. The molecule has 2 N–H and O–H groups in total. The minimum Gasteiger partial charge on any atom is -0.444 e. The molecule has 8 heteroatoms.